The number of carbonyl (C=O) groups is 1. The Morgan fingerprint density at radius 3 is 1.74 bits per heavy atom. The van der Waals surface area contributed by atoms with E-state index < -0.39 is 0 Å². The highest BCUT2D eigenvalue weighted by molar-refractivity contribution is 5.96. The van der Waals surface area contributed by atoms with Gasteiger partial charge in [0.05, 0.1) is 22.1 Å². The molecule has 2 aliphatic rings. The number of aromatic nitrogens is 4. The topological polar surface area (TPSA) is 99.1 Å². The molecule has 0 unspecified atom stereocenters. The molecule has 9 nitrogen and oxygen atoms in total. The predicted octanol–water partition coefficient (Wildman–Crippen LogP) is 5.11. The van der Waals surface area contributed by atoms with E-state index in [-0.39, 0.29) is 29.2 Å². The molecule has 3 aromatic carbocycles. The molecule has 2 fully saturated rings. The van der Waals surface area contributed by atoms with Gasteiger partial charge in [-0.05, 0) is 87.2 Å². The summed E-state index contributed by atoms with van der Waals surface area (Å²) in [5.41, 5.74) is 5.57. The van der Waals surface area contributed by atoms with Crippen molar-refractivity contribution in [2.45, 2.75) is 50.6 Å². The average Bonchev–Trinajstić information content (AvgIpc) is 3.56. The highest BCUT2D eigenvalue weighted by atomic mass is 16.2. The normalized spacial score (nSPS) is 17.3. The number of hydrogen-bond donors (Lipinski definition) is 2. The number of carbonyl (C=O) groups excluding carboxylic acids is 1. The van der Waals surface area contributed by atoms with E-state index >= 15 is 0 Å². The van der Waals surface area contributed by atoms with Crippen molar-refractivity contribution in [3.8, 4) is 0 Å². The van der Waals surface area contributed by atoms with Crippen molar-refractivity contribution in [1.29, 1.82) is 0 Å². The van der Waals surface area contributed by atoms with Gasteiger partial charge < -0.3 is 19.8 Å². The number of likely N-dealkylation sites (tertiary alicyclic amines) is 1. The van der Waals surface area contributed by atoms with E-state index in [0.29, 0.717) is 6.42 Å². The van der Waals surface area contributed by atoms with Crippen LogP contribution in [-0.2, 0) is 0 Å². The molecule has 0 atom stereocenters. The van der Waals surface area contributed by atoms with Crippen molar-refractivity contribution in [1.82, 2.24) is 24.0 Å². The molecule has 7 rings (SSSR count). The van der Waals surface area contributed by atoms with E-state index in [1.165, 1.54) is 0 Å². The number of para-hydroxylation sites is 4. The molecule has 2 saturated heterocycles. The molecular weight excluding hydrogens is 540 g/mol. The summed E-state index contributed by atoms with van der Waals surface area (Å²) in [5.74, 6) is 0.184. The van der Waals surface area contributed by atoms with Gasteiger partial charge in [0, 0.05) is 55.9 Å². The third kappa shape index (κ3) is 5.45. The van der Waals surface area contributed by atoms with Crippen LogP contribution in [0, 0.1) is 0 Å². The van der Waals surface area contributed by atoms with E-state index in [1.807, 2.05) is 69.8 Å². The molecule has 5 aromatic rings. The number of hydrogen-bond acceptors (Lipinski definition) is 5. The van der Waals surface area contributed by atoms with Crippen LogP contribution in [0.15, 0.2) is 82.4 Å². The van der Waals surface area contributed by atoms with Crippen LogP contribution in [0.3, 0.4) is 0 Å². The van der Waals surface area contributed by atoms with E-state index in [4.69, 9.17) is 0 Å². The molecule has 4 heterocycles. The summed E-state index contributed by atoms with van der Waals surface area (Å²) >= 11 is 0. The number of nitrogens with zero attached hydrogens (tertiary/aromatic N) is 4. The van der Waals surface area contributed by atoms with E-state index in [1.54, 1.807) is 0 Å². The van der Waals surface area contributed by atoms with E-state index in [2.05, 4.69) is 31.9 Å². The Kier molecular flexibility index (Phi) is 7.49. The van der Waals surface area contributed by atoms with Crippen molar-refractivity contribution in [2.24, 2.45) is 0 Å². The summed E-state index contributed by atoms with van der Waals surface area (Å²) in [5, 5.41) is 0. The Labute approximate surface area is 249 Å². The summed E-state index contributed by atoms with van der Waals surface area (Å²) < 4.78 is 3.84. The Morgan fingerprint density at radius 2 is 1.19 bits per heavy atom. The second kappa shape index (κ2) is 11.7. The van der Waals surface area contributed by atoms with Gasteiger partial charge in [0.1, 0.15) is 0 Å². The van der Waals surface area contributed by atoms with Crippen LogP contribution in [0.2, 0.25) is 0 Å². The molecule has 0 aliphatic carbocycles. The first-order chi connectivity index (χ1) is 21.0. The summed E-state index contributed by atoms with van der Waals surface area (Å²) in [6.07, 6.45) is 5.04. The van der Waals surface area contributed by atoms with Crippen molar-refractivity contribution in [3.05, 3.63) is 99.3 Å². The lowest BCUT2D eigenvalue weighted by atomic mass is 10.0. The van der Waals surface area contributed by atoms with Gasteiger partial charge in [0.2, 0.25) is 0 Å². The lowest BCUT2D eigenvalue weighted by Crippen LogP contribution is -2.37. The van der Waals surface area contributed by atoms with Gasteiger partial charge >= 0.3 is 11.4 Å². The lowest BCUT2D eigenvalue weighted by Gasteiger charge is -2.34. The number of nitrogens with one attached hydrogen (secondary N) is 2. The number of fused-ring (bicyclic) bond motifs is 2. The number of Topliss-reactive ketones (excluding diaryl/α,β-unsaturated/α-hetero) is 1. The summed E-state index contributed by atoms with van der Waals surface area (Å²) in [6, 6.07) is 24.2. The average molecular weight is 579 g/mol. The molecule has 0 spiro atoms. The first kappa shape index (κ1) is 27.5. The van der Waals surface area contributed by atoms with Gasteiger partial charge in [-0.15, -0.1) is 0 Å². The molecule has 9 heteroatoms. The fraction of sp³-hybridized carbons (Fsp3) is 0.382. The standard InChI is InChI=1S/C34H38N6O3/c41-32(10-5-19-37-20-15-26(16-21-37)39-30-8-3-1-6-28(30)35-33(39)42)24-11-13-25(14-12-24)38-22-17-27(18-23-38)40-31-9-4-2-7-29(31)36-34(40)43/h1-4,6-9,11-14,26-27H,5,10,15-23H2,(H,35,42)(H,36,43). The second-order valence-corrected chi connectivity index (χ2v) is 12.0. The lowest BCUT2D eigenvalue weighted by molar-refractivity contribution is 0.0970. The van der Waals surface area contributed by atoms with Crippen LogP contribution >= 0.6 is 0 Å². The maximum atomic E-state index is 12.9. The van der Waals surface area contributed by atoms with Gasteiger partial charge in [-0.25, -0.2) is 9.59 Å². The van der Waals surface area contributed by atoms with Crippen LogP contribution in [0.25, 0.3) is 22.1 Å². The smallest absolute Gasteiger partial charge is 0.326 e. The molecule has 0 saturated carbocycles. The number of H-pyrrole nitrogens is 2. The Balaban J connectivity index is 0.876. The van der Waals surface area contributed by atoms with Crippen LogP contribution in [0.5, 0.6) is 0 Å². The third-order valence-corrected chi connectivity index (χ3v) is 9.43. The first-order valence-corrected chi connectivity index (χ1v) is 15.5. The molecule has 2 aromatic heterocycles. The maximum Gasteiger partial charge on any atom is 0.326 e. The largest absolute Gasteiger partial charge is 0.371 e. The number of ketones is 1. The van der Waals surface area contributed by atoms with E-state index in [0.717, 1.165) is 98.1 Å². The highest BCUT2D eigenvalue weighted by Crippen LogP contribution is 2.29. The molecule has 0 amide bonds. The van der Waals surface area contributed by atoms with E-state index in [9.17, 15) is 14.4 Å². The van der Waals surface area contributed by atoms with Gasteiger partial charge in [-0.3, -0.25) is 13.9 Å². The molecule has 0 bridgehead atoms. The zero-order valence-corrected chi connectivity index (χ0v) is 24.4. The van der Waals surface area contributed by atoms with Gasteiger partial charge in [-0.1, -0.05) is 24.3 Å². The SMILES string of the molecule is O=C(CCCN1CCC(n2c(=O)[nH]c3ccccc32)CC1)c1ccc(N2CCC(n3c(=O)[nH]c4ccccc43)CC2)cc1. The van der Waals surface area contributed by atoms with Crippen LogP contribution in [0.4, 0.5) is 5.69 Å². The molecular formula is C34H38N6O3. The van der Waals surface area contributed by atoms with Crippen molar-refractivity contribution in [3.63, 3.8) is 0 Å². The zero-order chi connectivity index (χ0) is 29.3. The second-order valence-electron chi connectivity index (χ2n) is 12.0. The van der Waals surface area contributed by atoms with Crippen molar-refractivity contribution < 1.29 is 4.79 Å². The molecule has 2 aliphatic heterocycles. The quantitative estimate of drug-likeness (QED) is 0.249. The number of imidazole rings is 2. The highest BCUT2D eigenvalue weighted by Gasteiger charge is 2.25. The Bertz CT molecular complexity index is 1850. The summed E-state index contributed by atoms with van der Waals surface area (Å²) in [7, 11) is 0. The van der Waals surface area contributed by atoms with Crippen LogP contribution in [0.1, 0.15) is 61.0 Å². The molecule has 0 radical (unpaired) electrons. The zero-order valence-electron chi connectivity index (χ0n) is 24.4. The minimum absolute atomic E-state index is 0.0250. The predicted molar refractivity (Wildman–Crippen MR) is 170 cm³/mol. The fourth-order valence-corrected chi connectivity index (χ4v) is 7.12. The number of rotatable bonds is 8. The minimum atomic E-state index is -0.0331. The van der Waals surface area contributed by atoms with Crippen LogP contribution < -0.4 is 16.3 Å². The number of anilines is 1. The van der Waals surface area contributed by atoms with Gasteiger partial charge in [0.15, 0.2) is 5.78 Å². The minimum Gasteiger partial charge on any atom is -0.371 e. The maximum absolute atomic E-state index is 12.9. The summed E-state index contributed by atoms with van der Waals surface area (Å²) in [4.78, 5) is 48.8. The van der Waals surface area contributed by atoms with Gasteiger partial charge in [0.25, 0.3) is 0 Å². The van der Waals surface area contributed by atoms with Crippen molar-refractivity contribution >= 4 is 33.5 Å². The third-order valence-electron chi connectivity index (χ3n) is 9.43. The molecule has 2 N–H and O–H groups in total. The Morgan fingerprint density at radius 1 is 0.674 bits per heavy atom. The number of aromatic amines is 2. The fourth-order valence-electron chi connectivity index (χ4n) is 7.12. The monoisotopic (exact) mass is 578 g/mol. The number of piperidine rings is 2. The molecule has 43 heavy (non-hydrogen) atoms. The van der Waals surface area contributed by atoms with Gasteiger partial charge in [-0.2, -0.15) is 0 Å². The van der Waals surface area contributed by atoms with Crippen molar-refractivity contribution in [2.75, 3.05) is 37.6 Å². The summed E-state index contributed by atoms with van der Waals surface area (Å²) in [6.45, 7) is 4.51. The van der Waals surface area contributed by atoms with Crippen LogP contribution in [-0.4, -0.2) is 62.5 Å². The molecule has 222 valence electrons. The Hall–Kier alpha value is -4.37. The first-order valence-electron chi connectivity index (χ1n) is 15.5. The number of benzene rings is 3.